The van der Waals surface area contributed by atoms with Gasteiger partial charge in [0.1, 0.15) is 0 Å². The van der Waals surface area contributed by atoms with Gasteiger partial charge in [-0.3, -0.25) is 0 Å². The fraction of sp³-hybridized carbons (Fsp3) is 0.636. The van der Waals surface area contributed by atoms with Crippen molar-refractivity contribution in [3.8, 4) is 0 Å². The Kier molecular flexibility index (Phi) is 1.23. The van der Waals surface area contributed by atoms with E-state index in [4.69, 9.17) is 0 Å². The molecule has 0 nitrogen and oxygen atoms in total. The van der Waals surface area contributed by atoms with Gasteiger partial charge in [0.05, 0.1) is 0 Å². The van der Waals surface area contributed by atoms with Crippen LogP contribution in [0.15, 0.2) is 21.8 Å². The fourth-order valence-corrected chi connectivity index (χ4v) is 26.0. The van der Waals surface area contributed by atoms with E-state index >= 15 is 0 Å². The Morgan fingerprint density at radius 1 is 1.25 bits per heavy atom. The molecular weight excluding hydrogens is 324 g/mol. The Labute approximate surface area is 75.5 Å². The van der Waals surface area contributed by atoms with E-state index < -0.39 is 14.1 Å². The Bertz CT molecular complexity index is 281. The van der Waals surface area contributed by atoms with Gasteiger partial charge in [-0.05, 0) is 0 Å². The molecular formula is C11H17Ir. The summed E-state index contributed by atoms with van der Waals surface area (Å²) in [6.07, 6.45) is 7.48. The molecule has 2 fully saturated rings. The monoisotopic (exact) mass is 342 g/mol. The summed E-state index contributed by atoms with van der Waals surface area (Å²) in [7, 11) is 0. The zero-order valence-corrected chi connectivity index (χ0v) is 10.1. The molecule has 0 aromatic heterocycles. The summed E-state index contributed by atoms with van der Waals surface area (Å²) in [5, 5.41) is 0. The molecule has 1 aliphatic carbocycles. The second-order valence-electron chi connectivity index (χ2n) is 4.00. The van der Waals surface area contributed by atoms with Gasteiger partial charge in [0, 0.05) is 0 Å². The van der Waals surface area contributed by atoms with Crippen LogP contribution in [0.3, 0.4) is 0 Å². The molecule has 3 rings (SSSR count). The van der Waals surface area contributed by atoms with E-state index in [0.717, 1.165) is 0 Å². The first-order valence-electron chi connectivity index (χ1n) is 4.80. The normalized spacial score (nSPS) is 36.6. The van der Waals surface area contributed by atoms with Gasteiger partial charge in [0.2, 0.25) is 0 Å². The molecule has 0 atom stereocenters. The van der Waals surface area contributed by atoms with Gasteiger partial charge < -0.3 is 0 Å². The SMILES string of the molecule is CCC1=[C]([Ir]23([CH2][CH2]2)[CH2][CH2]3)CC=C1. The van der Waals surface area contributed by atoms with Crippen molar-refractivity contribution in [1.29, 1.82) is 0 Å². The molecule has 70 valence electrons. The Morgan fingerprint density at radius 2 is 1.92 bits per heavy atom. The second kappa shape index (κ2) is 1.96. The molecule has 1 spiro atoms. The summed E-state index contributed by atoms with van der Waals surface area (Å²) < 4.78 is 2.02. The number of hydrogen-bond donors (Lipinski definition) is 0. The quantitative estimate of drug-likeness (QED) is 0.712. The molecule has 2 aliphatic heterocycles. The van der Waals surface area contributed by atoms with Crippen molar-refractivity contribution < 1.29 is 14.1 Å². The summed E-state index contributed by atoms with van der Waals surface area (Å²) in [5.41, 5.74) is 1.75. The molecule has 0 aromatic carbocycles. The molecule has 0 unspecified atom stereocenters. The van der Waals surface area contributed by atoms with Gasteiger partial charge in [-0.25, -0.2) is 0 Å². The molecule has 1 heteroatoms. The van der Waals surface area contributed by atoms with Crippen LogP contribution in [-0.4, -0.2) is 0 Å². The van der Waals surface area contributed by atoms with Crippen molar-refractivity contribution >= 4 is 0 Å². The van der Waals surface area contributed by atoms with E-state index in [1.165, 1.54) is 12.8 Å². The van der Waals surface area contributed by atoms with E-state index in [2.05, 4.69) is 19.1 Å². The van der Waals surface area contributed by atoms with Crippen LogP contribution in [0, 0.1) is 0 Å². The van der Waals surface area contributed by atoms with Crippen LogP contribution < -0.4 is 0 Å². The van der Waals surface area contributed by atoms with Crippen molar-refractivity contribution in [3.63, 3.8) is 0 Å². The third-order valence-electron chi connectivity index (χ3n) is 3.50. The average molecular weight is 341 g/mol. The van der Waals surface area contributed by atoms with Gasteiger partial charge >= 0.3 is 75.4 Å². The van der Waals surface area contributed by atoms with Crippen LogP contribution in [0.5, 0.6) is 0 Å². The van der Waals surface area contributed by atoms with Crippen LogP contribution in [0.2, 0.25) is 19.7 Å². The molecule has 0 amide bonds. The minimum absolute atomic E-state index is 1.30. The van der Waals surface area contributed by atoms with Gasteiger partial charge in [-0.2, -0.15) is 0 Å². The van der Waals surface area contributed by atoms with Gasteiger partial charge in [-0.15, -0.1) is 0 Å². The van der Waals surface area contributed by atoms with Gasteiger partial charge in [-0.1, -0.05) is 0 Å². The van der Waals surface area contributed by atoms with Crippen molar-refractivity contribution in [2.75, 3.05) is 0 Å². The van der Waals surface area contributed by atoms with E-state index in [1.54, 1.807) is 25.3 Å². The standard InChI is InChI=1S/C7H9.2C2H4.Ir/c1-2-7-5-3-4-6-7;2*1-2;/h3,5H,2,4H2,1H3;2*1-2H2;. The molecule has 3 aliphatic rings. The third-order valence-corrected chi connectivity index (χ3v) is 20.4. The first-order valence-corrected chi connectivity index (χ1v) is 12.8. The topological polar surface area (TPSA) is 0 Å². The molecule has 2 saturated heterocycles. The second-order valence-corrected chi connectivity index (χ2v) is 20.8. The number of allylic oxidation sites excluding steroid dienone is 4. The Morgan fingerprint density at radius 3 is 2.42 bits per heavy atom. The summed E-state index contributed by atoms with van der Waals surface area (Å²) >= 11 is -1.61. The minimum atomic E-state index is -1.61. The predicted octanol–water partition coefficient (Wildman–Crippen LogP) is 4.00. The zero-order chi connectivity index (χ0) is 8.26. The van der Waals surface area contributed by atoms with Crippen LogP contribution in [-0.2, 0) is 14.1 Å². The van der Waals surface area contributed by atoms with E-state index in [-0.39, 0.29) is 0 Å². The first-order chi connectivity index (χ1) is 5.79. The number of hydrogen-bond acceptors (Lipinski definition) is 0. The Balaban J connectivity index is 2.04. The first kappa shape index (κ1) is 7.53. The van der Waals surface area contributed by atoms with Crippen LogP contribution in [0.1, 0.15) is 19.8 Å². The summed E-state index contributed by atoms with van der Waals surface area (Å²) in [4.78, 5) is 6.77. The van der Waals surface area contributed by atoms with E-state index in [0.29, 0.717) is 0 Å². The summed E-state index contributed by atoms with van der Waals surface area (Å²) in [6, 6.07) is 0. The fourth-order valence-electron chi connectivity index (χ4n) is 2.26. The zero-order valence-electron chi connectivity index (χ0n) is 7.73. The van der Waals surface area contributed by atoms with Crippen LogP contribution >= 0.6 is 0 Å². The van der Waals surface area contributed by atoms with Gasteiger partial charge in [0.25, 0.3) is 0 Å². The van der Waals surface area contributed by atoms with Crippen molar-refractivity contribution in [2.24, 2.45) is 0 Å². The van der Waals surface area contributed by atoms with Crippen molar-refractivity contribution in [3.05, 3.63) is 21.8 Å². The van der Waals surface area contributed by atoms with E-state index in [1.807, 2.05) is 4.09 Å². The number of rotatable bonds is 2. The van der Waals surface area contributed by atoms with Gasteiger partial charge in [0.15, 0.2) is 0 Å². The summed E-state index contributed by atoms with van der Waals surface area (Å²) in [5.74, 6) is 0. The van der Waals surface area contributed by atoms with Crippen LogP contribution in [0.4, 0.5) is 0 Å². The molecule has 12 heavy (non-hydrogen) atoms. The average Bonchev–Trinajstić information content (AvgIpc) is 2.97. The molecule has 0 N–H and O–H groups in total. The van der Waals surface area contributed by atoms with Crippen molar-refractivity contribution in [1.82, 2.24) is 0 Å². The maximum absolute atomic E-state index is 2.41. The summed E-state index contributed by atoms with van der Waals surface area (Å²) in [6.45, 7) is 2.32. The van der Waals surface area contributed by atoms with Crippen molar-refractivity contribution in [2.45, 2.75) is 39.5 Å². The molecule has 2 heterocycles. The van der Waals surface area contributed by atoms with E-state index in [9.17, 15) is 0 Å². The third kappa shape index (κ3) is 0.725. The maximum atomic E-state index is 2.41. The van der Waals surface area contributed by atoms with Crippen LogP contribution in [0.25, 0.3) is 0 Å². The molecule has 0 radical (unpaired) electrons. The molecule has 0 aromatic rings. The Hall–Kier alpha value is 0.129. The molecule has 0 saturated carbocycles. The predicted molar refractivity (Wildman–Crippen MR) is 50.3 cm³/mol. The molecule has 0 bridgehead atoms.